The van der Waals surface area contributed by atoms with Crippen LogP contribution in [0.15, 0.2) is 29.3 Å². The van der Waals surface area contributed by atoms with E-state index in [1.54, 1.807) is 18.9 Å². The Morgan fingerprint density at radius 2 is 2.11 bits per heavy atom. The van der Waals surface area contributed by atoms with Gasteiger partial charge in [0.1, 0.15) is 5.75 Å². The number of hydrogen-bond donors (Lipinski definition) is 1. The highest BCUT2D eigenvalue weighted by Crippen LogP contribution is 2.39. The molecule has 0 spiro atoms. The first-order chi connectivity index (χ1) is 8.70. The molecule has 98 valence electrons. The summed E-state index contributed by atoms with van der Waals surface area (Å²) in [5.74, 6) is 1.92. The number of hydrogen-bond acceptors (Lipinski definition) is 4. The summed E-state index contributed by atoms with van der Waals surface area (Å²) in [4.78, 5) is 4.75. The predicted octanol–water partition coefficient (Wildman–Crippen LogP) is 3.14. The number of benzene rings is 1. The number of nitrogens with two attached hydrogens (primary N) is 1. The second kappa shape index (κ2) is 5.65. The van der Waals surface area contributed by atoms with Gasteiger partial charge in [-0.1, -0.05) is 37.2 Å². The Bertz CT molecular complexity index is 430. The van der Waals surface area contributed by atoms with Crippen LogP contribution < -0.4 is 10.5 Å². The van der Waals surface area contributed by atoms with Gasteiger partial charge in [-0.2, -0.15) is 0 Å². The van der Waals surface area contributed by atoms with E-state index in [-0.39, 0.29) is 5.54 Å². The molecule has 0 saturated heterocycles. The highest BCUT2D eigenvalue weighted by atomic mass is 32.2. The lowest BCUT2D eigenvalue weighted by atomic mass is 9.83. The summed E-state index contributed by atoms with van der Waals surface area (Å²) in [6.45, 7) is 2.19. The Morgan fingerprint density at radius 3 is 2.67 bits per heavy atom. The van der Waals surface area contributed by atoms with Gasteiger partial charge in [0.25, 0.3) is 0 Å². The van der Waals surface area contributed by atoms with Crippen molar-refractivity contribution in [2.45, 2.75) is 31.7 Å². The van der Waals surface area contributed by atoms with Crippen molar-refractivity contribution in [1.82, 2.24) is 0 Å². The van der Waals surface area contributed by atoms with Crippen LogP contribution in [0.2, 0.25) is 0 Å². The Labute approximate surface area is 113 Å². The van der Waals surface area contributed by atoms with E-state index in [0.717, 1.165) is 30.8 Å². The minimum atomic E-state index is -0.129. The molecule has 1 atom stereocenters. The fraction of sp³-hybridized carbons (Fsp3) is 0.500. The van der Waals surface area contributed by atoms with Gasteiger partial charge in [0.15, 0.2) is 5.17 Å². The van der Waals surface area contributed by atoms with Crippen molar-refractivity contribution in [1.29, 1.82) is 0 Å². The molecular formula is C14H20N2OS. The van der Waals surface area contributed by atoms with Crippen LogP contribution in [-0.2, 0) is 5.54 Å². The lowest BCUT2D eigenvalue weighted by Crippen LogP contribution is -2.31. The van der Waals surface area contributed by atoms with Gasteiger partial charge in [-0.05, 0) is 30.5 Å². The van der Waals surface area contributed by atoms with Crippen LogP contribution in [0.5, 0.6) is 5.75 Å². The highest BCUT2D eigenvalue weighted by Gasteiger charge is 2.33. The van der Waals surface area contributed by atoms with Gasteiger partial charge in [0, 0.05) is 5.75 Å². The summed E-state index contributed by atoms with van der Waals surface area (Å²) in [7, 11) is 1.68. The molecule has 2 rings (SSSR count). The molecule has 1 aromatic rings. The third kappa shape index (κ3) is 2.64. The van der Waals surface area contributed by atoms with Gasteiger partial charge in [-0.3, -0.25) is 4.99 Å². The zero-order chi connectivity index (χ0) is 13.0. The minimum absolute atomic E-state index is 0.129. The predicted molar refractivity (Wildman–Crippen MR) is 78.3 cm³/mol. The monoisotopic (exact) mass is 264 g/mol. The molecule has 0 amide bonds. The van der Waals surface area contributed by atoms with E-state index in [1.807, 2.05) is 12.1 Å². The molecule has 0 bridgehead atoms. The van der Waals surface area contributed by atoms with E-state index < -0.39 is 0 Å². The molecule has 18 heavy (non-hydrogen) atoms. The van der Waals surface area contributed by atoms with Crippen LogP contribution in [0, 0.1) is 0 Å². The Morgan fingerprint density at radius 1 is 1.39 bits per heavy atom. The van der Waals surface area contributed by atoms with Gasteiger partial charge in [0.05, 0.1) is 12.6 Å². The summed E-state index contributed by atoms with van der Waals surface area (Å²) in [6.07, 6.45) is 3.20. The first-order valence-electron chi connectivity index (χ1n) is 6.33. The Balaban J connectivity index is 2.36. The Kier molecular flexibility index (Phi) is 4.17. The van der Waals surface area contributed by atoms with Crippen LogP contribution in [0.4, 0.5) is 0 Å². The first-order valence-corrected chi connectivity index (χ1v) is 7.31. The van der Waals surface area contributed by atoms with E-state index in [1.165, 1.54) is 5.56 Å². The molecule has 0 radical (unpaired) electrons. The number of rotatable bonds is 4. The number of nitrogens with zero attached hydrogens (tertiary/aromatic N) is 1. The number of ether oxygens (including phenoxy) is 1. The maximum absolute atomic E-state index is 5.92. The number of methoxy groups -OCH3 is 1. The van der Waals surface area contributed by atoms with Gasteiger partial charge < -0.3 is 10.5 Å². The van der Waals surface area contributed by atoms with E-state index in [0.29, 0.717) is 5.17 Å². The smallest absolute Gasteiger partial charge is 0.154 e. The van der Waals surface area contributed by atoms with Crippen LogP contribution in [0.3, 0.4) is 0 Å². The van der Waals surface area contributed by atoms with E-state index in [2.05, 4.69) is 19.1 Å². The quantitative estimate of drug-likeness (QED) is 0.908. The van der Waals surface area contributed by atoms with Gasteiger partial charge >= 0.3 is 0 Å². The maximum atomic E-state index is 5.92. The molecule has 1 aliphatic heterocycles. The lowest BCUT2D eigenvalue weighted by Gasteiger charge is -2.33. The SMILES string of the molecule is CCC[C@@]1(c2ccc(OC)cc2)CCSC(N)=N1. The van der Waals surface area contributed by atoms with E-state index in [9.17, 15) is 0 Å². The zero-order valence-corrected chi connectivity index (χ0v) is 11.8. The van der Waals surface area contributed by atoms with Crippen molar-refractivity contribution >= 4 is 16.9 Å². The molecule has 0 aromatic heterocycles. The van der Waals surface area contributed by atoms with Crippen LogP contribution in [0.25, 0.3) is 0 Å². The molecule has 1 aromatic carbocycles. The fourth-order valence-corrected chi connectivity index (χ4v) is 3.36. The lowest BCUT2D eigenvalue weighted by molar-refractivity contribution is 0.391. The molecule has 4 heteroatoms. The second-order valence-corrected chi connectivity index (χ2v) is 5.67. The molecule has 3 nitrogen and oxygen atoms in total. The molecule has 1 aliphatic rings. The topological polar surface area (TPSA) is 47.6 Å². The van der Waals surface area contributed by atoms with Crippen molar-refractivity contribution in [3.63, 3.8) is 0 Å². The minimum Gasteiger partial charge on any atom is -0.497 e. The van der Waals surface area contributed by atoms with Crippen molar-refractivity contribution in [2.75, 3.05) is 12.9 Å². The van der Waals surface area contributed by atoms with Crippen LogP contribution >= 0.6 is 11.8 Å². The fourth-order valence-electron chi connectivity index (χ4n) is 2.47. The highest BCUT2D eigenvalue weighted by molar-refractivity contribution is 8.13. The van der Waals surface area contributed by atoms with Crippen LogP contribution in [0.1, 0.15) is 31.7 Å². The normalized spacial score (nSPS) is 23.6. The largest absolute Gasteiger partial charge is 0.497 e. The summed E-state index contributed by atoms with van der Waals surface area (Å²) in [6, 6.07) is 8.23. The van der Waals surface area contributed by atoms with Crippen LogP contribution in [-0.4, -0.2) is 18.0 Å². The van der Waals surface area contributed by atoms with Crippen molar-refractivity contribution in [3.05, 3.63) is 29.8 Å². The molecule has 0 fully saturated rings. The average Bonchev–Trinajstić information content (AvgIpc) is 2.39. The second-order valence-electron chi connectivity index (χ2n) is 4.56. The van der Waals surface area contributed by atoms with E-state index >= 15 is 0 Å². The molecule has 0 saturated carbocycles. The van der Waals surface area contributed by atoms with Crippen molar-refractivity contribution < 1.29 is 4.74 Å². The average molecular weight is 264 g/mol. The molecule has 0 aliphatic carbocycles. The summed E-state index contributed by atoms with van der Waals surface area (Å²) < 4.78 is 5.21. The summed E-state index contributed by atoms with van der Waals surface area (Å²) in [5, 5.41) is 0.713. The van der Waals surface area contributed by atoms with Gasteiger partial charge in [-0.25, -0.2) is 0 Å². The maximum Gasteiger partial charge on any atom is 0.154 e. The third-order valence-corrected chi connectivity index (χ3v) is 4.18. The number of amidine groups is 1. The van der Waals surface area contributed by atoms with E-state index in [4.69, 9.17) is 15.5 Å². The molecule has 1 heterocycles. The molecular weight excluding hydrogens is 244 g/mol. The molecule has 0 unspecified atom stereocenters. The zero-order valence-electron chi connectivity index (χ0n) is 11.0. The van der Waals surface area contributed by atoms with Crippen molar-refractivity contribution in [3.8, 4) is 5.75 Å². The number of thioether (sulfide) groups is 1. The third-order valence-electron chi connectivity index (χ3n) is 3.38. The Hall–Kier alpha value is -1.16. The van der Waals surface area contributed by atoms with Gasteiger partial charge in [-0.15, -0.1) is 0 Å². The number of aliphatic imine (C=N–C) groups is 1. The summed E-state index contributed by atoms with van der Waals surface area (Å²) >= 11 is 1.65. The van der Waals surface area contributed by atoms with Crippen molar-refractivity contribution in [2.24, 2.45) is 10.7 Å². The molecule has 2 N–H and O–H groups in total. The summed E-state index contributed by atoms with van der Waals surface area (Å²) in [5.41, 5.74) is 7.04. The van der Waals surface area contributed by atoms with Gasteiger partial charge in [0.2, 0.25) is 0 Å². The first kappa shape index (κ1) is 13.3. The standard InChI is InChI=1S/C14H20N2OS/c1-3-8-14(9-10-18-13(15)16-14)11-4-6-12(17-2)7-5-11/h4-7H,3,8-10H2,1-2H3,(H2,15,16)/t14-/m0/s1.